The Morgan fingerprint density at radius 3 is 2.04 bits per heavy atom. The topological polar surface area (TPSA) is 55.4 Å². The van der Waals surface area contributed by atoms with Crippen molar-refractivity contribution in [3.63, 3.8) is 0 Å². The number of hydrogen-bond acceptors (Lipinski definition) is 6. The summed E-state index contributed by atoms with van der Waals surface area (Å²) in [4.78, 5) is 0. The van der Waals surface area contributed by atoms with Gasteiger partial charge in [0.1, 0.15) is 23.7 Å². The van der Waals surface area contributed by atoms with E-state index in [0.29, 0.717) is 56.5 Å². The van der Waals surface area contributed by atoms with Gasteiger partial charge in [-0.3, -0.25) is 0 Å². The van der Waals surface area contributed by atoms with Gasteiger partial charge in [-0.1, -0.05) is 98.2 Å². The predicted octanol–water partition coefficient (Wildman–Crippen LogP) is 9.88. The molecule has 0 unspecified atom stereocenters. The number of benzene rings is 4. The van der Waals surface area contributed by atoms with Crippen LogP contribution >= 0.6 is 11.6 Å². The maximum Gasteiger partial charge on any atom is 0.157 e. The van der Waals surface area contributed by atoms with E-state index in [0.717, 1.165) is 40.0 Å². The lowest BCUT2D eigenvalue weighted by Gasteiger charge is -2.46. The molecule has 2 aliphatic rings. The van der Waals surface area contributed by atoms with Crippen molar-refractivity contribution in [1.29, 1.82) is 0 Å². The van der Waals surface area contributed by atoms with E-state index in [9.17, 15) is 4.39 Å². The minimum Gasteiger partial charge on any atom is -0.494 e. The first-order chi connectivity index (χ1) is 24.9. The highest BCUT2D eigenvalue weighted by atomic mass is 35.5. The minimum absolute atomic E-state index is 0.0566. The molecule has 2 heterocycles. The Bertz CT molecular complexity index is 1650. The van der Waals surface area contributed by atoms with Crippen LogP contribution in [0.1, 0.15) is 74.0 Å². The molecular weight excluding hydrogens is 667 g/mol. The lowest BCUT2D eigenvalue weighted by atomic mass is 9.83. The third kappa shape index (κ3) is 9.70. The zero-order valence-corrected chi connectivity index (χ0v) is 30.7. The van der Waals surface area contributed by atoms with Gasteiger partial charge in [-0.2, -0.15) is 0 Å². The molecule has 2 aliphatic heterocycles. The van der Waals surface area contributed by atoms with Gasteiger partial charge in [-0.15, -0.1) is 0 Å². The van der Waals surface area contributed by atoms with Crippen molar-refractivity contribution >= 4 is 11.6 Å². The molecule has 0 amide bonds. The summed E-state index contributed by atoms with van der Waals surface area (Å²) >= 11 is 7.01. The monoisotopic (exact) mass is 716 g/mol. The van der Waals surface area contributed by atoms with Gasteiger partial charge in [0.15, 0.2) is 5.67 Å². The molecule has 0 bridgehead atoms. The summed E-state index contributed by atoms with van der Waals surface area (Å²) in [5.74, 6) is 1.49. The number of hydrogen-bond donors (Lipinski definition) is 0. The fourth-order valence-electron chi connectivity index (χ4n) is 6.98. The maximum absolute atomic E-state index is 14.8. The molecule has 0 radical (unpaired) electrons. The van der Waals surface area contributed by atoms with E-state index in [1.54, 1.807) is 0 Å². The van der Waals surface area contributed by atoms with E-state index in [2.05, 4.69) is 56.3 Å². The lowest BCUT2D eigenvalue weighted by Crippen LogP contribution is -2.51. The lowest BCUT2D eigenvalue weighted by molar-refractivity contribution is -0.235. The highest BCUT2D eigenvalue weighted by molar-refractivity contribution is 6.31. The molecule has 0 N–H and O–H groups in total. The van der Waals surface area contributed by atoms with Crippen molar-refractivity contribution in [3.8, 4) is 11.5 Å². The van der Waals surface area contributed by atoms with Gasteiger partial charge >= 0.3 is 0 Å². The minimum atomic E-state index is -1.28. The average Bonchev–Trinajstić information content (AvgIpc) is 3.14. The summed E-state index contributed by atoms with van der Waals surface area (Å²) in [6.07, 6.45) is 0.978. The normalized spacial score (nSPS) is 22.6. The molecule has 51 heavy (non-hydrogen) atoms. The fourth-order valence-corrected chi connectivity index (χ4v) is 7.20. The Morgan fingerprint density at radius 1 is 0.804 bits per heavy atom. The Kier molecular flexibility index (Phi) is 13.1. The largest absolute Gasteiger partial charge is 0.494 e. The summed E-state index contributed by atoms with van der Waals surface area (Å²) in [7, 11) is 0. The van der Waals surface area contributed by atoms with E-state index in [4.69, 9.17) is 40.0 Å². The summed E-state index contributed by atoms with van der Waals surface area (Å²) < 4.78 is 52.7. The summed E-state index contributed by atoms with van der Waals surface area (Å²) in [6, 6.07) is 32.5. The highest BCUT2D eigenvalue weighted by Crippen LogP contribution is 2.45. The number of halogens is 2. The Morgan fingerprint density at radius 2 is 1.45 bits per heavy atom. The summed E-state index contributed by atoms with van der Waals surface area (Å²) in [5, 5.41) is 0.590. The maximum atomic E-state index is 14.8. The van der Waals surface area contributed by atoms with Crippen LogP contribution in [0.3, 0.4) is 0 Å². The first-order valence-corrected chi connectivity index (χ1v) is 18.6. The molecule has 5 atom stereocenters. The van der Waals surface area contributed by atoms with Gasteiger partial charge in [0.25, 0.3) is 0 Å². The van der Waals surface area contributed by atoms with E-state index >= 15 is 0 Å². The summed E-state index contributed by atoms with van der Waals surface area (Å²) in [6.45, 7) is 8.37. The zero-order chi connectivity index (χ0) is 35.6. The molecule has 0 aliphatic carbocycles. The first kappa shape index (κ1) is 37.3. The predicted molar refractivity (Wildman–Crippen MR) is 198 cm³/mol. The van der Waals surface area contributed by atoms with Crippen LogP contribution in [0.5, 0.6) is 11.5 Å². The Labute approximate surface area is 307 Å². The van der Waals surface area contributed by atoms with Crippen LogP contribution in [0.2, 0.25) is 5.02 Å². The average molecular weight is 717 g/mol. The molecule has 4 aromatic carbocycles. The van der Waals surface area contributed by atoms with Crippen LogP contribution in [-0.2, 0) is 38.6 Å². The Balaban J connectivity index is 1.35. The van der Waals surface area contributed by atoms with E-state index < -0.39 is 17.9 Å². The number of alkyl halides is 1. The van der Waals surface area contributed by atoms with Crippen LogP contribution in [0.4, 0.5) is 4.39 Å². The van der Waals surface area contributed by atoms with Crippen molar-refractivity contribution in [2.75, 3.05) is 26.4 Å². The molecule has 272 valence electrons. The molecule has 0 spiro atoms. The van der Waals surface area contributed by atoms with Crippen LogP contribution < -0.4 is 9.47 Å². The quantitative estimate of drug-likeness (QED) is 0.101. The third-order valence-corrected chi connectivity index (χ3v) is 10.2. The van der Waals surface area contributed by atoms with Crippen LogP contribution in [0, 0.1) is 5.92 Å². The van der Waals surface area contributed by atoms with E-state index in [1.807, 2.05) is 61.5 Å². The van der Waals surface area contributed by atoms with Crippen LogP contribution in [0.15, 0.2) is 97.1 Å². The van der Waals surface area contributed by atoms with Gasteiger partial charge in [0.05, 0.1) is 51.8 Å². The highest BCUT2D eigenvalue weighted by Gasteiger charge is 2.46. The van der Waals surface area contributed by atoms with Gasteiger partial charge in [-0.05, 0) is 79.1 Å². The standard InChI is InChI=1S/C43H50ClFO6/c1-4-38-30(3)40(49-26-32-13-8-6-9-14-32)42(50-27-33-15-10-7-11-16-33)41(51-38)36-24-34(23-31-17-19-35(20-18-31)47-5-2)37(44)25-39(36)48-22-12-21-43(45)28-46-29-43/h6-11,13-20,24-25,30,38,40-42H,4-5,12,21-23,26-29H2,1-3H3/t30-,38-,40+,41+,42-/m1/s1. The van der Waals surface area contributed by atoms with Gasteiger partial charge in [0, 0.05) is 16.5 Å². The van der Waals surface area contributed by atoms with Gasteiger partial charge in [-0.25, -0.2) is 4.39 Å². The molecule has 2 fully saturated rings. The smallest absolute Gasteiger partial charge is 0.157 e. The van der Waals surface area contributed by atoms with Crippen LogP contribution in [0.25, 0.3) is 0 Å². The first-order valence-electron chi connectivity index (χ1n) is 18.3. The second-order valence-electron chi connectivity index (χ2n) is 13.7. The molecule has 2 saturated heterocycles. The zero-order valence-electron chi connectivity index (χ0n) is 29.9. The SMILES string of the molecule is CCOc1ccc(Cc2cc([C@@H]3O[C@H](CC)[C@@H](C)[C@H](OCc4ccccc4)[C@H]3OCc3ccccc3)c(OCCCC3(F)COC3)cc2Cl)cc1. The molecule has 0 aromatic heterocycles. The fraction of sp³-hybridized carbons (Fsp3) is 0.442. The van der Waals surface area contributed by atoms with Crippen molar-refractivity contribution in [1.82, 2.24) is 0 Å². The third-order valence-electron chi connectivity index (χ3n) is 9.88. The van der Waals surface area contributed by atoms with E-state index in [-0.39, 0.29) is 31.3 Å². The molecule has 4 aromatic rings. The van der Waals surface area contributed by atoms with Crippen LogP contribution in [-0.4, -0.2) is 50.4 Å². The molecule has 6 rings (SSSR count). The van der Waals surface area contributed by atoms with Crippen molar-refractivity contribution in [2.45, 2.75) is 89.8 Å². The van der Waals surface area contributed by atoms with Gasteiger partial charge in [0.2, 0.25) is 0 Å². The second-order valence-corrected chi connectivity index (χ2v) is 14.1. The van der Waals surface area contributed by atoms with Crippen molar-refractivity contribution in [3.05, 3.63) is 130 Å². The van der Waals surface area contributed by atoms with Crippen molar-refractivity contribution in [2.24, 2.45) is 5.92 Å². The Hall–Kier alpha value is -3.46. The van der Waals surface area contributed by atoms with Crippen molar-refractivity contribution < 1.29 is 32.8 Å². The summed E-state index contributed by atoms with van der Waals surface area (Å²) in [5.41, 5.74) is 3.77. The molecule has 0 saturated carbocycles. The molecule has 6 nitrogen and oxygen atoms in total. The second kappa shape index (κ2) is 17.8. The van der Waals surface area contributed by atoms with Gasteiger partial charge < -0.3 is 28.4 Å². The number of ether oxygens (including phenoxy) is 6. The molecule has 8 heteroatoms. The number of rotatable bonds is 17. The van der Waals surface area contributed by atoms with E-state index in [1.165, 1.54) is 0 Å². The molecular formula is C43H50ClFO6.